The molecule has 0 saturated heterocycles. The fourth-order valence-corrected chi connectivity index (χ4v) is 0.882. The van der Waals surface area contributed by atoms with Gasteiger partial charge in [-0.1, -0.05) is 0 Å². The van der Waals surface area contributed by atoms with Crippen LogP contribution in [-0.4, -0.2) is 16.5 Å². The Labute approximate surface area is 68.8 Å². The van der Waals surface area contributed by atoms with E-state index >= 15 is 0 Å². The summed E-state index contributed by atoms with van der Waals surface area (Å²) >= 11 is 3.36. The summed E-state index contributed by atoms with van der Waals surface area (Å²) in [4.78, 5) is 7.15. The van der Waals surface area contributed by atoms with E-state index in [1.54, 1.807) is 6.20 Å². The van der Waals surface area contributed by atoms with E-state index in [2.05, 4.69) is 33.0 Å². The molecule has 1 N–H and O–H groups in total. The molecule has 0 radical (unpaired) electrons. The third kappa shape index (κ3) is 1.50. The van der Waals surface area contributed by atoms with Crippen LogP contribution in [0.15, 0.2) is 6.20 Å². The molecule has 1 heterocycles. The minimum atomic E-state index is 0.918. The number of halogens is 1. The smallest absolute Gasteiger partial charge is 0.136 e. The van der Waals surface area contributed by atoms with Gasteiger partial charge in [0.1, 0.15) is 11.6 Å². The van der Waals surface area contributed by atoms with Crippen molar-refractivity contribution in [2.24, 2.45) is 0 Å². The minimum Gasteiger partial charge on any atom is -0.328 e. The normalized spacial score (nSPS) is 9.90. The molecule has 1 aromatic heterocycles. The van der Waals surface area contributed by atoms with Gasteiger partial charge in [-0.25, -0.2) is 4.98 Å². The molecule has 10 heavy (non-hydrogen) atoms. The monoisotopic (exact) mass is 203 g/mol. The summed E-state index contributed by atoms with van der Waals surface area (Å²) in [7, 11) is 0. The Bertz CT molecular complexity index is 209. The largest absolute Gasteiger partial charge is 0.328 e. The van der Waals surface area contributed by atoms with Crippen molar-refractivity contribution in [3.8, 4) is 0 Å². The number of imidazole rings is 1. The molecule has 0 unspecified atom stereocenters. The maximum absolute atomic E-state index is 4.06. The molecule has 0 fully saturated rings. The predicted molar refractivity (Wildman–Crippen MR) is 45.3 cm³/mol. The van der Waals surface area contributed by atoms with Crippen LogP contribution in [0.5, 0.6) is 0 Å². The van der Waals surface area contributed by atoms with Crippen molar-refractivity contribution in [2.45, 2.75) is 13.8 Å². The molecule has 56 valence electrons. The molecule has 0 spiro atoms. The SMILES string of the molecule is CCN(Br)c1cnc(C)[nH]1. The molecule has 0 atom stereocenters. The molecule has 3 nitrogen and oxygen atoms in total. The van der Waals surface area contributed by atoms with E-state index in [0.717, 1.165) is 18.2 Å². The van der Waals surface area contributed by atoms with E-state index < -0.39 is 0 Å². The van der Waals surface area contributed by atoms with Crippen molar-refractivity contribution in [1.29, 1.82) is 0 Å². The Kier molecular flexibility index (Phi) is 2.32. The van der Waals surface area contributed by atoms with Crippen molar-refractivity contribution in [3.05, 3.63) is 12.0 Å². The maximum Gasteiger partial charge on any atom is 0.136 e. The van der Waals surface area contributed by atoms with Crippen LogP contribution < -0.4 is 3.93 Å². The lowest BCUT2D eigenvalue weighted by molar-refractivity contribution is 1.08. The predicted octanol–water partition coefficient (Wildman–Crippen LogP) is 1.85. The number of hydrogen-bond acceptors (Lipinski definition) is 2. The van der Waals surface area contributed by atoms with Crippen LogP contribution >= 0.6 is 16.1 Å². The molecule has 0 aliphatic carbocycles. The van der Waals surface area contributed by atoms with Crippen LogP contribution in [0.1, 0.15) is 12.7 Å². The van der Waals surface area contributed by atoms with Crippen LogP contribution in [0.25, 0.3) is 0 Å². The minimum absolute atomic E-state index is 0.918. The highest BCUT2D eigenvalue weighted by molar-refractivity contribution is 9.10. The van der Waals surface area contributed by atoms with E-state index in [1.807, 2.05) is 10.8 Å². The van der Waals surface area contributed by atoms with E-state index in [4.69, 9.17) is 0 Å². The van der Waals surface area contributed by atoms with Gasteiger partial charge in [0.15, 0.2) is 0 Å². The third-order valence-corrected chi connectivity index (χ3v) is 2.11. The second kappa shape index (κ2) is 3.05. The lowest BCUT2D eigenvalue weighted by Crippen LogP contribution is -2.07. The van der Waals surface area contributed by atoms with Crippen LogP contribution in [0.3, 0.4) is 0 Å². The van der Waals surface area contributed by atoms with Gasteiger partial charge < -0.3 is 4.98 Å². The first-order valence-corrected chi connectivity index (χ1v) is 3.90. The summed E-state index contributed by atoms with van der Waals surface area (Å²) in [6.45, 7) is 4.91. The average Bonchev–Trinajstić information content (AvgIpc) is 2.34. The molecule has 0 amide bonds. The number of nitrogens with zero attached hydrogens (tertiary/aromatic N) is 2. The molecule has 0 aliphatic rings. The summed E-state index contributed by atoms with van der Waals surface area (Å²) in [5, 5.41) is 0. The lowest BCUT2D eigenvalue weighted by Gasteiger charge is -2.08. The molecular formula is C6H10BrN3. The lowest BCUT2D eigenvalue weighted by atomic mass is 10.7. The Morgan fingerprint density at radius 3 is 2.90 bits per heavy atom. The van der Waals surface area contributed by atoms with Crippen molar-refractivity contribution >= 4 is 22.0 Å². The number of aromatic amines is 1. The van der Waals surface area contributed by atoms with Gasteiger partial charge in [-0.05, 0) is 13.8 Å². The number of hydrogen-bond donors (Lipinski definition) is 1. The zero-order valence-corrected chi connectivity index (χ0v) is 7.64. The molecule has 0 bridgehead atoms. The van der Waals surface area contributed by atoms with Crippen molar-refractivity contribution in [3.63, 3.8) is 0 Å². The van der Waals surface area contributed by atoms with Crippen molar-refractivity contribution in [2.75, 3.05) is 10.5 Å². The van der Waals surface area contributed by atoms with E-state index in [-0.39, 0.29) is 0 Å². The van der Waals surface area contributed by atoms with Gasteiger partial charge in [-0.3, -0.25) is 3.93 Å². The van der Waals surface area contributed by atoms with Gasteiger partial charge in [0.2, 0.25) is 0 Å². The van der Waals surface area contributed by atoms with E-state index in [9.17, 15) is 0 Å². The standard InChI is InChI=1S/C6H10BrN3/c1-3-10(7)6-4-8-5(2)9-6/h4H,3H2,1-2H3,(H,8,9). The average molecular weight is 204 g/mol. The summed E-state index contributed by atoms with van der Waals surface area (Å²) in [6, 6.07) is 0. The Morgan fingerprint density at radius 2 is 2.50 bits per heavy atom. The Hall–Kier alpha value is -0.510. The second-order valence-corrected chi connectivity index (χ2v) is 2.89. The van der Waals surface area contributed by atoms with Crippen LogP contribution in [0.2, 0.25) is 0 Å². The highest BCUT2D eigenvalue weighted by Crippen LogP contribution is 2.13. The fourth-order valence-electron chi connectivity index (χ4n) is 0.702. The molecule has 1 rings (SSSR count). The number of nitrogens with one attached hydrogen (secondary N) is 1. The molecule has 0 saturated carbocycles. The summed E-state index contributed by atoms with van der Waals surface area (Å²) in [5.74, 6) is 1.94. The maximum atomic E-state index is 4.06. The molecule has 0 aliphatic heterocycles. The zero-order valence-electron chi connectivity index (χ0n) is 6.06. The Morgan fingerprint density at radius 1 is 1.80 bits per heavy atom. The quantitative estimate of drug-likeness (QED) is 0.745. The Balaban J connectivity index is 2.74. The fraction of sp³-hybridized carbons (Fsp3) is 0.500. The first kappa shape index (κ1) is 7.60. The molecule has 1 aromatic rings. The summed E-state index contributed by atoms with van der Waals surface area (Å²) in [6.07, 6.45) is 1.80. The number of rotatable bonds is 2. The third-order valence-electron chi connectivity index (χ3n) is 1.23. The van der Waals surface area contributed by atoms with Crippen LogP contribution in [0.4, 0.5) is 5.82 Å². The number of H-pyrrole nitrogens is 1. The molecular weight excluding hydrogens is 194 g/mol. The zero-order chi connectivity index (χ0) is 7.56. The van der Waals surface area contributed by atoms with Crippen LogP contribution in [0, 0.1) is 6.92 Å². The van der Waals surface area contributed by atoms with Gasteiger partial charge in [-0.2, -0.15) is 0 Å². The highest BCUT2D eigenvalue weighted by Gasteiger charge is 2.00. The first-order chi connectivity index (χ1) is 4.74. The number of aromatic nitrogens is 2. The van der Waals surface area contributed by atoms with E-state index in [1.165, 1.54) is 0 Å². The van der Waals surface area contributed by atoms with Gasteiger partial charge in [-0.15, -0.1) is 0 Å². The van der Waals surface area contributed by atoms with Gasteiger partial charge in [0.05, 0.1) is 22.3 Å². The van der Waals surface area contributed by atoms with Crippen molar-refractivity contribution in [1.82, 2.24) is 9.97 Å². The second-order valence-electron chi connectivity index (χ2n) is 2.03. The molecule has 0 aromatic carbocycles. The number of anilines is 1. The van der Waals surface area contributed by atoms with E-state index in [0.29, 0.717) is 0 Å². The molecule has 4 heteroatoms. The summed E-state index contributed by atoms with van der Waals surface area (Å²) in [5.41, 5.74) is 0. The van der Waals surface area contributed by atoms with Crippen molar-refractivity contribution < 1.29 is 0 Å². The number of aryl methyl sites for hydroxylation is 1. The van der Waals surface area contributed by atoms with Gasteiger partial charge in [0.25, 0.3) is 0 Å². The summed E-state index contributed by atoms with van der Waals surface area (Å²) < 4.78 is 1.92. The topological polar surface area (TPSA) is 31.9 Å². The van der Waals surface area contributed by atoms with Gasteiger partial charge >= 0.3 is 0 Å². The highest BCUT2D eigenvalue weighted by atomic mass is 79.9. The van der Waals surface area contributed by atoms with Crippen LogP contribution in [-0.2, 0) is 0 Å². The first-order valence-electron chi connectivity index (χ1n) is 3.19. The van der Waals surface area contributed by atoms with Gasteiger partial charge in [0, 0.05) is 6.54 Å².